The van der Waals surface area contributed by atoms with Gasteiger partial charge in [0.1, 0.15) is 5.84 Å². The van der Waals surface area contributed by atoms with Crippen molar-refractivity contribution in [2.45, 2.75) is 6.92 Å². The number of hydrazone groups is 1. The zero-order valence-electron chi connectivity index (χ0n) is 6.31. The summed E-state index contributed by atoms with van der Waals surface area (Å²) in [5.74, 6) is -0.528. The molecule has 1 atom stereocenters. The summed E-state index contributed by atoms with van der Waals surface area (Å²) in [5.41, 5.74) is 1.57. The number of nitrogens with zero attached hydrogens (tertiary/aromatic N) is 3. The maximum absolute atomic E-state index is 11.1. The Morgan fingerprint density at radius 2 is 2.50 bits per heavy atom. The van der Waals surface area contributed by atoms with E-state index in [1.165, 1.54) is 16.8 Å². The first kappa shape index (κ1) is 7.48. The standard InChI is InChI=1S/C6H6N4OS/c1-3-4(7)10-6(9-5(3)11)12-2-8-10/h2-3,7H,1H3. The van der Waals surface area contributed by atoms with Gasteiger partial charge in [-0.2, -0.15) is 15.1 Å². The number of rotatable bonds is 0. The summed E-state index contributed by atoms with van der Waals surface area (Å²) >= 11 is 1.26. The molecule has 0 spiro atoms. The summed E-state index contributed by atoms with van der Waals surface area (Å²) in [5, 5.41) is 13.3. The van der Waals surface area contributed by atoms with Gasteiger partial charge in [-0.1, -0.05) is 0 Å². The number of amides is 1. The number of hydrogen-bond donors (Lipinski definition) is 1. The first-order valence-electron chi connectivity index (χ1n) is 3.40. The summed E-state index contributed by atoms with van der Waals surface area (Å²) in [6.45, 7) is 1.66. The average Bonchev–Trinajstić information content (AvgIpc) is 2.48. The molecule has 62 valence electrons. The zero-order valence-corrected chi connectivity index (χ0v) is 7.13. The number of carbonyl (C=O) groups is 1. The van der Waals surface area contributed by atoms with Crippen LogP contribution >= 0.6 is 11.8 Å². The molecule has 1 amide bonds. The minimum absolute atomic E-state index is 0.200. The van der Waals surface area contributed by atoms with Gasteiger partial charge in [0, 0.05) is 0 Å². The fourth-order valence-corrected chi connectivity index (χ4v) is 1.57. The van der Waals surface area contributed by atoms with Crippen LogP contribution in [0, 0.1) is 11.3 Å². The third kappa shape index (κ3) is 0.878. The fourth-order valence-electron chi connectivity index (χ4n) is 0.948. The quantitative estimate of drug-likeness (QED) is 0.592. The Kier molecular flexibility index (Phi) is 1.50. The van der Waals surface area contributed by atoms with Gasteiger partial charge in [0.15, 0.2) is 5.17 Å². The molecule has 12 heavy (non-hydrogen) atoms. The molecule has 0 saturated carbocycles. The molecule has 6 heteroatoms. The van der Waals surface area contributed by atoms with Crippen LogP contribution < -0.4 is 0 Å². The van der Waals surface area contributed by atoms with Crippen molar-refractivity contribution in [1.82, 2.24) is 5.01 Å². The van der Waals surface area contributed by atoms with Gasteiger partial charge in [-0.3, -0.25) is 10.2 Å². The molecule has 0 saturated heterocycles. The Balaban J connectivity index is 2.43. The van der Waals surface area contributed by atoms with Crippen LogP contribution in [0.4, 0.5) is 0 Å². The van der Waals surface area contributed by atoms with E-state index in [1.807, 2.05) is 0 Å². The van der Waals surface area contributed by atoms with E-state index in [4.69, 9.17) is 5.41 Å². The number of aliphatic imine (C=N–C) groups is 1. The van der Waals surface area contributed by atoms with Crippen LogP contribution in [0.3, 0.4) is 0 Å². The molecule has 1 N–H and O–H groups in total. The largest absolute Gasteiger partial charge is 0.286 e. The highest BCUT2D eigenvalue weighted by Crippen LogP contribution is 2.23. The maximum atomic E-state index is 11.1. The van der Waals surface area contributed by atoms with Gasteiger partial charge in [0.05, 0.1) is 11.5 Å². The van der Waals surface area contributed by atoms with Crippen LogP contribution in [-0.4, -0.2) is 27.5 Å². The summed E-state index contributed by atoms with van der Waals surface area (Å²) in [4.78, 5) is 14.9. The summed E-state index contributed by atoms with van der Waals surface area (Å²) in [6, 6.07) is 0. The number of amidine groups is 2. The molecule has 2 aliphatic heterocycles. The van der Waals surface area contributed by atoms with E-state index in [0.717, 1.165) is 0 Å². The van der Waals surface area contributed by atoms with Crippen molar-refractivity contribution in [2.24, 2.45) is 16.0 Å². The smallest absolute Gasteiger partial charge is 0.258 e. The summed E-state index contributed by atoms with van der Waals surface area (Å²) in [6.07, 6.45) is 0. The molecular weight excluding hydrogens is 176 g/mol. The number of nitrogens with one attached hydrogen (secondary N) is 1. The van der Waals surface area contributed by atoms with Crippen molar-refractivity contribution in [3.8, 4) is 0 Å². The predicted octanol–water partition coefficient (Wildman–Crippen LogP) is 0.488. The lowest BCUT2D eigenvalue weighted by molar-refractivity contribution is -0.119. The van der Waals surface area contributed by atoms with Crippen molar-refractivity contribution in [3.63, 3.8) is 0 Å². The first-order chi connectivity index (χ1) is 5.70. The second-order valence-electron chi connectivity index (χ2n) is 2.49. The van der Waals surface area contributed by atoms with Gasteiger partial charge < -0.3 is 0 Å². The molecule has 1 unspecified atom stereocenters. The number of fused-ring (bicyclic) bond motifs is 1. The second-order valence-corrected chi connectivity index (χ2v) is 3.30. The third-order valence-electron chi connectivity index (χ3n) is 1.72. The molecule has 0 bridgehead atoms. The van der Waals surface area contributed by atoms with Gasteiger partial charge in [0.25, 0.3) is 5.91 Å². The van der Waals surface area contributed by atoms with Crippen LogP contribution in [-0.2, 0) is 4.79 Å². The van der Waals surface area contributed by atoms with Gasteiger partial charge in [-0.25, -0.2) is 0 Å². The van der Waals surface area contributed by atoms with Crippen LogP contribution in [0.25, 0.3) is 0 Å². The van der Waals surface area contributed by atoms with Gasteiger partial charge in [0.2, 0.25) is 0 Å². The normalized spacial score (nSPS) is 27.6. The molecule has 5 nitrogen and oxygen atoms in total. The molecule has 0 aromatic carbocycles. The molecule has 0 aliphatic carbocycles. The van der Waals surface area contributed by atoms with Crippen LogP contribution in [0.2, 0.25) is 0 Å². The molecule has 0 aromatic rings. The highest BCUT2D eigenvalue weighted by atomic mass is 32.2. The number of hydrogen-bond acceptors (Lipinski definition) is 4. The zero-order chi connectivity index (χ0) is 8.72. The Morgan fingerprint density at radius 1 is 1.75 bits per heavy atom. The number of thioether (sulfide) groups is 1. The minimum atomic E-state index is -0.468. The lowest BCUT2D eigenvalue weighted by atomic mass is 10.1. The molecule has 2 rings (SSSR count). The molecule has 2 heterocycles. The Hall–Kier alpha value is -1.17. The van der Waals surface area contributed by atoms with Crippen LogP contribution in [0.1, 0.15) is 6.92 Å². The maximum Gasteiger partial charge on any atom is 0.258 e. The molecule has 0 aromatic heterocycles. The highest BCUT2D eigenvalue weighted by Gasteiger charge is 2.33. The Bertz CT molecular complexity index is 322. The molecule has 0 radical (unpaired) electrons. The first-order valence-corrected chi connectivity index (χ1v) is 4.28. The average molecular weight is 182 g/mol. The van der Waals surface area contributed by atoms with E-state index >= 15 is 0 Å². The third-order valence-corrected chi connectivity index (χ3v) is 2.39. The monoisotopic (exact) mass is 182 g/mol. The Morgan fingerprint density at radius 3 is 3.25 bits per heavy atom. The van der Waals surface area contributed by atoms with Gasteiger partial charge >= 0.3 is 0 Å². The van der Waals surface area contributed by atoms with E-state index in [1.54, 1.807) is 12.5 Å². The summed E-state index contributed by atoms with van der Waals surface area (Å²) in [7, 11) is 0. The topological polar surface area (TPSA) is 68.9 Å². The van der Waals surface area contributed by atoms with Crippen molar-refractivity contribution < 1.29 is 4.79 Å². The second kappa shape index (κ2) is 2.41. The minimum Gasteiger partial charge on any atom is -0.286 e. The Labute approximate surface area is 73.0 Å². The molecule has 2 aliphatic rings. The van der Waals surface area contributed by atoms with Gasteiger partial charge in [-0.15, -0.1) is 0 Å². The van der Waals surface area contributed by atoms with E-state index in [9.17, 15) is 4.79 Å². The lowest BCUT2D eigenvalue weighted by Crippen LogP contribution is -2.39. The summed E-state index contributed by atoms with van der Waals surface area (Å²) < 4.78 is 0. The lowest BCUT2D eigenvalue weighted by Gasteiger charge is -2.22. The van der Waals surface area contributed by atoms with Crippen molar-refractivity contribution >= 4 is 34.2 Å². The van der Waals surface area contributed by atoms with Crippen LogP contribution in [0.15, 0.2) is 10.1 Å². The highest BCUT2D eigenvalue weighted by molar-refractivity contribution is 8.25. The fraction of sp³-hybridized carbons (Fsp3) is 0.333. The van der Waals surface area contributed by atoms with Crippen molar-refractivity contribution in [1.29, 1.82) is 5.41 Å². The SMILES string of the molecule is CC1C(=N)N2N=CSC2=NC1=O. The van der Waals surface area contributed by atoms with Crippen molar-refractivity contribution in [2.75, 3.05) is 0 Å². The van der Waals surface area contributed by atoms with E-state index < -0.39 is 5.92 Å². The van der Waals surface area contributed by atoms with Crippen molar-refractivity contribution in [3.05, 3.63) is 0 Å². The van der Waals surface area contributed by atoms with E-state index in [-0.39, 0.29) is 11.7 Å². The van der Waals surface area contributed by atoms with Crippen LogP contribution in [0.5, 0.6) is 0 Å². The molecular formula is C6H6N4OS. The van der Waals surface area contributed by atoms with Gasteiger partial charge in [-0.05, 0) is 18.7 Å². The molecule has 0 fully saturated rings. The number of carbonyl (C=O) groups excluding carboxylic acids is 1. The van der Waals surface area contributed by atoms with E-state index in [0.29, 0.717) is 5.17 Å². The predicted molar refractivity (Wildman–Crippen MR) is 47.3 cm³/mol. The van der Waals surface area contributed by atoms with E-state index in [2.05, 4.69) is 10.1 Å².